The first-order chi connectivity index (χ1) is 6.49. The standard InChI is InChI=1S/C8H13N3O3/c1-4-5(6(12)7(9)13)8(14-3)11(2)10-4/h6,12H,1-3H3,(H2,9,13). The summed E-state index contributed by atoms with van der Waals surface area (Å²) in [7, 11) is 3.09. The summed E-state index contributed by atoms with van der Waals surface area (Å²) in [6.45, 7) is 1.67. The van der Waals surface area contributed by atoms with Crippen molar-refractivity contribution in [2.45, 2.75) is 13.0 Å². The third-order valence-electron chi connectivity index (χ3n) is 1.95. The summed E-state index contributed by atoms with van der Waals surface area (Å²) >= 11 is 0. The Kier molecular flexibility index (Phi) is 2.76. The average Bonchev–Trinajstić information content (AvgIpc) is 2.38. The number of primary amides is 1. The SMILES string of the molecule is COc1c(C(O)C(N)=O)c(C)nn1C. The molecular weight excluding hydrogens is 186 g/mol. The molecule has 1 aromatic rings. The van der Waals surface area contributed by atoms with Gasteiger partial charge in [0.15, 0.2) is 6.10 Å². The number of methoxy groups -OCH3 is 1. The Hall–Kier alpha value is -1.56. The van der Waals surface area contributed by atoms with Crippen LogP contribution in [0.4, 0.5) is 0 Å². The van der Waals surface area contributed by atoms with Gasteiger partial charge in [-0.3, -0.25) is 4.79 Å². The number of hydrogen-bond acceptors (Lipinski definition) is 4. The molecule has 0 fully saturated rings. The van der Waals surface area contributed by atoms with E-state index >= 15 is 0 Å². The van der Waals surface area contributed by atoms with E-state index < -0.39 is 12.0 Å². The molecule has 1 atom stereocenters. The lowest BCUT2D eigenvalue weighted by molar-refractivity contribution is -0.126. The van der Waals surface area contributed by atoms with Gasteiger partial charge in [0.25, 0.3) is 5.91 Å². The molecular formula is C8H13N3O3. The van der Waals surface area contributed by atoms with Crippen LogP contribution in [0.1, 0.15) is 17.4 Å². The van der Waals surface area contributed by atoms with E-state index in [1.807, 2.05) is 0 Å². The Balaban J connectivity index is 3.24. The van der Waals surface area contributed by atoms with Crippen molar-refractivity contribution < 1.29 is 14.6 Å². The Bertz CT molecular complexity index is 359. The summed E-state index contributed by atoms with van der Waals surface area (Å²) in [6, 6.07) is 0. The summed E-state index contributed by atoms with van der Waals surface area (Å²) in [5, 5.41) is 13.5. The molecule has 0 radical (unpaired) electrons. The third kappa shape index (κ3) is 1.56. The zero-order chi connectivity index (χ0) is 10.9. The van der Waals surface area contributed by atoms with Crippen LogP contribution in [0.2, 0.25) is 0 Å². The summed E-state index contributed by atoms with van der Waals surface area (Å²) in [5.41, 5.74) is 5.83. The highest BCUT2D eigenvalue weighted by Crippen LogP contribution is 2.27. The van der Waals surface area contributed by atoms with E-state index in [1.54, 1.807) is 14.0 Å². The summed E-state index contributed by atoms with van der Waals surface area (Å²) < 4.78 is 6.44. The Morgan fingerprint density at radius 3 is 2.71 bits per heavy atom. The number of carbonyl (C=O) groups excluding carboxylic acids is 1. The number of hydrogen-bond donors (Lipinski definition) is 2. The first kappa shape index (κ1) is 10.5. The second-order valence-corrected chi connectivity index (χ2v) is 2.94. The van der Waals surface area contributed by atoms with E-state index in [9.17, 15) is 9.90 Å². The van der Waals surface area contributed by atoms with Crippen LogP contribution in [-0.2, 0) is 11.8 Å². The minimum Gasteiger partial charge on any atom is -0.481 e. The van der Waals surface area contributed by atoms with Crippen molar-refractivity contribution in [3.05, 3.63) is 11.3 Å². The molecule has 0 bridgehead atoms. The number of nitrogens with zero attached hydrogens (tertiary/aromatic N) is 2. The van der Waals surface area contributed by atoms with Crippen molar-refractivity contribution >= 4 is 5.91 Å². The van der Waals surface area contributed by atoms with Gasteiger partial charge in [-0.05, 0) is 6.92 Å². The quantitative estimate of drug-likeness (QED) is 0.670. The lowest BCUT2D eigenvalue weighted by Gasteiger charge is -2.08. The fourth-order valence-electron chi connectivity index (χ4n) is 1.35. The second kappa shape index (κ2) is 3.67. The molecule has 1 amide bonds. The molecule has 1 aromatic heterocycles. The molecule has 0 saturated carbocycles. The lowest BCUT2D eigenvalue weighted by Crippen LogP contribution is -2.21. The normalized spacial score (nSPS) is 12.6. The van der Waals surface area contributed by atoms with Gasteiger partial charge in [0.1, 0.15) is 0 Å². The zero-order valence-electron chi connectivity index (χ0n) is 8.31. The molecule has 3 N–H and O–H groups in total. The van der Waals surface area contributed by atoms with E-state index in [2.05, 4.69) is 5.10 Å². The highest BCUT2D eigenvalue weighted by molar-refractivity contribution is 5.81. The van der Waals surface area contributed by atoms with Crippen molar-refractivity contribution in [2.24, 2.45) is 12.8 Å². The van der Waals surface area contributed by atoms with Gasteiger partial charge in [-0.2, -0.15) is 5.10 Å². The number of amides is 1. The molecule has 6 nitrogen and oxygen atoms in total. The molecule has 0 aliphatic carbocycles. The van der Waals surface area contributed by atoms with Gasteiger partial charge in [0.05, 0.1) is 18.4 Å². The predicted molar refractivity (Wildman–Crippen MR) is 48.7 cm³/mol. The minimum absolute atomic E-state index is 0.322. The van der Waals surface area contributed by atoms with Gasteiger partial charge in [-0.25, -0.2) is 4.68 Å². The number of ether oxygens (including phenoxy) is 1. The van der Waals surface area contributed by atoms with Crippen LogP contribution >= 0.6 is 0 Å². The summed E-state index contributed by atoms with van der Waals surface area (Å²) in [4.78, 5) is 10.8. The zero-order valence-corrected chi connectivity index (χ0v) is 8.31. The van der Waals surface area contributed by atoms with Gasteiger partial charge >= 0.3 is 0 Å². The molecule has 1 unspecified atom stereocenters. The van der Waals surface area contributed by atoms with Crippen LogP contribution in [0.5, 0.6) is 5.88 Å². The molecule has 0 aromatic carbocycles. The van der Waals surface area contributed by atoms with Crippen molar-refractivity contribution in [3.8, 4) is 5.88 Å². The number of aromatic nitrogens is 2. The highest BCUT2D eigenvalue weighted by atomic mass is 16.5. The first-order valence-corrected chi connectivity index (χ1v) is 4.04. The minimum atomic E-state index is -1.38. The van der Waals surface area contributed by atoms with Crippen LogP contribution in [-0.4, -0.2) is 27.9 Å². The van der Waals surface area contributed by atoms with Crippen LogP contribution < -0.4 is 10.5 Å². The number of aryl methyl sites for hydroxylation is 2. The molecule has 0 aliphatic heterocycles. The monoisotopic (exact) mass is 199 g/mol. The maximum atomic E-state index is 10.8. The van der Waals surface area contributed by atoms with E-state index in [-0.39, 0.29) is 0 Å². The van der Waals surface area contributed by atoms with E-state index in [1.165, 1.54) is 11.8 Å². The molecule has 0 spiro atoms. The molecule has 1 rings (SSSR count). The molecule has 14 heavy (non-hydrogen) atoms. The van der Waals surface area contributed by atoms with Crippen molar-refractivity contribution in [3.63, 3.8) is 0 Å². The molecule has 1 heterocycles. The summed E-state index contributed by atoms with van der Waals surface area (Å²) in [5.74, 6) is -0.479. The van der Waals surface area contributed by atoms with Crippen LogP contribution in [0.15, 0.2) is 0 Å². The molecule has 6 heteroatoms. The van der Waals surface area contributed by atoms with Crippen LogP contribution in [0, 0.1) is 6.92 Å². The maximum absolute atomic E-state index is 10.8. The largest absolute Gasteiger partial charge is 0.481 e. The molecule has 0 aliphatic rings. The third-order valence-corrected chi connectivity index (χ3v) is 1.95. The average molecular weight is 199 g/mol. The Morgan fingerprint density at radius 1 is 1.71 bits per heavy atom. The molecule has 0 saturated heterocycles. The first-order valence-electron chi connectivity index (χ1n) is 4.04. The Morgan fingerprint density at radius 2 is 2.29 bits per heavy atom. The van der Waals surface area contributed by atoms with Gasteiger partial charge < -0.3 is 15.6 Å². The molecule has 78 valence electrons. The second-order valence-electron chi connectivity index (χ2n) is 2.94. The van der Waals surface area contributed by atoms with Crippen molar-refractivity contribution in [1.29, 1.82) is 0 Å². The highest BCUT2D eigenvalue weighted by Gasteiger charge is 2.25. The predicted octanol–water partition coefficient (Wildman–Crippen LogP) is -0.744. The van der Waals surface area contributed by atoms with E-state index in [0.717, 1.165) is 0 Å². The van der Waals surface area contributed by atoms with E-state index in [4.69, 9.17) is 10.5 Å². The maximum Gasteiger partial charge on any atom is 0.251 e. The fourth-order valence-corrected chi connectivity index (χ4v) is 1.35. The number of carbonyl (C=O) groups is 1. The number of nitrogens with two attached hydrogens (primary N) is 1. The van der Waals surface area contributed by atoms with Crippen molar-refractivity contribution in [2.75, 3.05) is 7.11 Å². The number of aliphatic hydroxyl groups is 1. The van der Waals surface area contributed by atoms with Crippen LogP contribution in [0.3, 0.4) is 0 Å². The van der Waals surface area contributed by atoms with Crippen molar-refractivity contribution in [1.82, 2.24) is 9.78 Å². The topological polar surface area (TPSA) is 90.4 Å². The van der Waals surface area contributed by atoms with E-state index in [0.29, 0.717) is 17.1 Å². The van der Waals surface area contributed by atoms with Gasteiger partial charge in [0, 0.05) is 7.05 Å². The smallest absolute Gasteiger partial charge is 0.251 e. The lowest BCUT2D eigenvalue weighted by atomic mass is 10.1. The number of rotatable bonds is 3. The Labute approximate surface area is 81.3 Å². The van der Waals surface area contributed by atoms with Gasteiger partial charge in [-0.15, -0.1) is 0 Å². The van der Waals surface area contributed by atoms with Gasteiger partial charge in [-0.1, -0.05) is 0 Å². The fraction of sp³-hybridized carbons (Fsp3) is 0.500. The summed E-state index contributed by atoms with van der Waals surface area (Å²) in [6.07, 6.45) is -1.38. The van der Waals surface area contributed by atoms with Crippen LogP contribution in [0.25, 0.3) is 0 Å². The van der Waals surface area contributed by atoms with Gasteiger partial charge in [0.2, 0.25) is 5.88 Å². The number of aliphatic hydroxyl groups excluding tert-OH is 1.